The molecule has 2 N–H and O–H groups in total. The molecule has 22 heavy (non-hydrogen) atoms. The summed E-state index contributed by atoms with van der Waals surface area (Å²) in [6.07, 6.45) is 0.588. The Morgan fingerprint density at radius 1 is 1.32 bits per heavy atom. The number of carbonyl (C=O) groups excluding carboxylic acids is 1. The number of amides is 2. The van der Waals surface area contributed by atoms with Crippen LogP contribution in [0.5, 0.6) is 11.5 Å². The number of benzene rings is 1. The van der Waals surface area contributed by atoms with Gasteiger partial charge in [-0.3, -0.25) is 0 Å². The van der Waals surface area contributed by atoms with Crippen molar-refractivity contribution in [2.45, 2.75) is 6.42 Å². The van der Waals surface area contributed by atoms with Crippen LogP contribution in [0.3, 0.4) is 0 Å². The lowest BCUT2D eigenvalue weighted by Crippen LogP contribution is -2.33. The predicted octanol–water partition coefficient (Wildman–Crippen LogP) is 1.26. The second kappa shape index (κ2) is 6.87. The number of hydrogen-bond donors (Lipinski definition) is 2. The van der Waals surface area contributed by atoms with Crippen LogP contribution in [-0.4, -0.2) is 46.7 Å². The van der Waals surface area contributed by atoms with Crippen LogP contribution in [0.4, 0.5) is 10.5 Å². The van der Waals surface area contributed by atoms with Gasteiger partial charge in [-0.05, 0) is 24.5 Å². The monoisotopic (exact) mass is 328 g/mol. The fraction of sp³-hybridized carbons (Fsp3) is 0.500. The van der Waals surface area contributed by atoms with Gasteiger partial charge in [0.25, 0.3) is 0 Å². The smallest absolute Gasteiger partial charge is 0.319 e. The molecule has 0 spiro atoms. The third-order valence-corrected chi connectivity index (χ3v) is 5.37. The molecule has 0 aliphatic carbocycles. The number of ether oxygens (including phenoxy) is 2. The minimum atomic E-state index is -2.93. The number of hydrogen-bond acceptors (Lipinski definition) is 5. The Kier molecular flexibility index (Phi) is 5.12. The third-order valence-electron chi connectivity index (χ3n) is 3.53. The maximum atomic E-state index is 11.9. The van der Waals surface area contributed by atoms with Crippen molar-refractivity contribution in [3.05, 3.63) is 18.2 Å². The van der Waals surface area contributed by atoms with E-state index in [0.717, 1.165) is 0 Å². The van der Waals surface area contributed by atoms with Gasteiger partial charge in [0.1, 0.15) is 11.5 Å². The first-order valence-electron chi connectivity index (χ1n) is 6.91. The van der Waals surface area contributed by atoms with Gasteiger partial charge >= 0.3 is 6.03 Å². The maximum Gasteiger partial charge on any atom is 0.319 e. The van der Waals surface area contributed by atoms with Gasteiger partial charge in [0.05, 0.1) is 31.4 Å². The van der Waals surface area contributed by atoms with Gasteiger partial charge in [-0.1, -0.05) is 0 Å². The highest BCUT2D eigenvalue weighted by atomic mass is 32.2. The van der Waals surface area contributed by atoms with Crippen molar-refractivity contribution in [2.24, 2.45) is 5.92 Å². The second-order valence-electron chi connectivity index (χ2n) is 5.17. The minimum absolute atomic E-state index is 0.0250. The standard InChI is InChI=1S/C14H20N2O5S/c1-20-11-3-4-13(21-2)12(7-11)16-14(17)15-8-10-5-6-22(18,19)9-10/h3-4,7,10H,5-6,8-9H2,1-2H3,(H2,15,16,17). The highest BCUT2D eigenvalue weighted by Gasteiger charge is 2.27. The zero-order valence-electron chi connectivity index (χ0n) is 12.6. The van der Waals surface area contributed by atoms with Crippen LogP contribution in [0.25, 0.3) is 0 Å². The SMILES string of the molecule is COc1ccc(OC)c(NC(=O)NCC2CCS(=O)(=O)C2)c1. The van der Waals surface area contributed by atoms with E-state index in [-0.39, 0.29) is 17.4 Å². The zero-order chi connectivity index (χ0) is 16.2. The molecule has 0 aromatic heterocycles. The van der Waals surface area contributed by atoms with E-state index in [1.54, 1.807) is 18.2 Å². The quantitative estimate of drug-likeness (QED) is 0.849. The van der Waals surface area contributed by atoms with Crippen molar-refractivity contribution in [3.63, 3.8) is 0 Å². The van der Waals surface area contributed by atoms with E-state index in [9.17, 15) is 13.2 Å². The van der Waals surface area contributed by atoms with Crippen LogP contribution in [0, 0.1) is 5.92 Å². The van der Waals surface area contributed by atoms with E-state index in [4.69, 9.17) is 9.47 Å². The van der Waals surface area contributed by atoms with Crippen LogP contribution in [0.2, 0.25) is 0 Å². The predicted molar refractivity (Wildman–Crippen MR) is 83.3 cm³/mol. The summed E-state index contributed by atoms with van der Waals surface area (Å²) in [4.78, 5) is 11.9. The average Bonchev–Trinajstić information content (AvgIpc) is 2.84. The Hall–Kier alpha value is -1.96. The fourth-order valence-electron chi connectivity index (χ4n) is 2.35. The third kappa shape index (κ3) is 4.27. The number of nitrogens with one attached hydrogen (secondary N) is 2. The Morgan fingerprint density at radius 3 is 2.68 bits per heavy atom. The molecule has 1 aromatic carbocycles. The van der Waals surface area contributed by atoms with Gasteiger partial charge < -0.3 is 20.1 Å². The normalized spacial score (nSPS) is 19.5. The molecule has 7 nitrogen and oxygen atoms in total. The minimum Gasteiger partial charge on any atom is -0.497 e. The topological polar surface area (TPSA) is 93.7 Å². The molecule has 0 radical (unpaired) electrons. The summed E-state index contributed by atoms with van der Waals surface area (Å²) < 4.78 is 33.0. The van der Waals surface area contributed by atoms with Crippen molar-refractivity contribution >= 4 is 21.6 Å². The summed E-state index contributed by atoms with van der Waals surface area (Å²) in [6, 6.07) is 4.66. The Bertz CT molecular complexity index is 645. The fourth-order valence-corrected chi connectivity index (χ4v) is 4.21. The van der Waals surface area contributed by atoms with Crippen LogP contribution >= 0.6 is 0 Å². The maximum absolute atomic E-state index is 11.9. The lowest BCUT2D eigenvalue weighted by atomic mass is 10.1. The number of urea groups is 1. The summed E-state index contributed by atoms with van der Waals surface area (Å²) in [6.45, 7) is 0.331. The van der Waals surface area contributed by atoms with Crippen molar-refractivity contribution in [1.29, 1.82) is 0 Å². The number of carbonyl (C=O) groups is 1. The average molecular weight is 328 g/mol. The number of anilines is 1. The zero-order valence-corrected chi connectivity index (χ0v) is 13.4. The van der Waals surface area contributed by atoms with E-state index < -0.39 is 15.9 Å². The summed E-state index contributed by atoms with van der Waals surface area (Å²) in [5.74, 6) is 1.42. The molecule has 1 aliphatic heterocycles. The van der Waals surface area contributed by atoms with Crippen LogP contribution in [0.1, 0.15) is 6.42 Å². The van der Waals surface area contributed by atoms with E-state index in [2.05, 4.69) is 10.6 Å². The molecule has 1 fully saturated rings. The molecular weight excluding hydrogens is 308 g/mol. The van der Waals surface area contributed by atoms with Gasteiger partial charge in [-0.15, -0.1) is 0 Å². The Balaban J connectivity index is 1.92. The highest BCUT2D eigenvalue weighted by molar-refractivity contribution is 7.91. The lowest BCUT2D eigenvalue weighted by molar-refractivity contribution is 0.250. The first kappa shape index (κ1) is 16.4. The molecule has 1 heterocycles. The molecule has 8 heteroatoms. The number of sulfone groups is 1. The highest BCUT2D eigenvalue weighted by Crippen LogP contribution is 2.28. The number of rotatable bonds is 5. The van der Waals surface area contributed by atoms with E-state index >= 15 is 0 Å². The molecule has 1 unspecified atom stereocenters. The molecule has 122 valence electrons. The van der Waals surface area contributed by atoms with Crippen molar-refractivity contribution in [1.82, 2.24) is 5.32 Å². The van der Waals surface area contributed by atoms with Crippen molar-refractivity contribution in [3.8, 4) is 11.5 Å². The summed E-state index contributed by atoms with van der Waals surface area (Å²) in [7, 11) is 0.112. The molecule has 2 rings (SSSR count). The molecule has 1 saturated heterocycles. The van der Waals surface area contributed by atoms with Gasteiger partial charge in [0, 0.05) is 12.6 Å². The Morgan fingerprint density at radius 2 is 2.09 bits per heavy atom. The molecule has 2 amide bonds. The van der Waals surface area contributed by atoms with Gasteiger partial charge in [-0.2, -0.15) is 0 Å². The first-order valence-corrected chi connectivity index (χ1v) is 8.73. The van der Waals surface area contributed by atoms with E-state index in [0.29, 0.717) is 30.2 Å². The number of methoxy groups -OCH3 is 2. The van der Waals surface area contributed by atoms with E-state index in [1.165, 1.54) is 14.2 Å². The molecule has 1 aliphatic rings. The molecule has 0 bridgehead atoms. The van der Waals surface area contributed by atoms with Crippen LogP contribution < -0.4 is 20.1 Å². The van der Waals surface area contributed by atoms with E-state index in [1.807, 2.05) is 0 Å². The van der Waals surface area contributed by atoms with Crippen molar-refractivity contribution < 1.29 is 22.7 Å². The summed E-state index contributed by atoms with van der Waals surface area (Å²) in [5, 5.41) is 5.37. The molecule has 1 atom stereocenters. The van der Waals surface area contributed by atoms with Crippen LogP contribution in [0.15, 0.2) is 18.2 Å². The Labute approximate surface area is 129 Å². The lowest BCUT2D eigenvalue weighted by Gasteiger charge is -2.14. The van der Waals surface area contributed by atoms with Gasteiger partial charge in [0.15, 0.2) is 9.84 Å². The molecule has 0 saturated carbocycles. The second-order valence-corrected chi connectivity index (χ2v) is 7.40. The molecule has 1 aromatic rings. The summed E-state index contributed by atoms with van der Waals surface area (Å²) >= 11 is 0. The van der Waals surface area contributed by atoms with Gasteiger partial charge in [-0.25, -0.2) is 13.2 Å². The first-order chi connectivity index (χ1) is 10.4. The van der Waals surface area contributed by atoms with Crippen molar-refractivity contribution in [2.75, 3.05) is 37.6 Å². The van der Waals surface area contributed by atoms with Gasteiger partial charge in [0.2, 0.25) is 0 Å². The largest absolute Gasteiger partial charge is 0.497 e. The molecular formula is C14H20N2O5S. The van der Waals surface area contributed by atoms with Crippen LogP contribution in [-0.2, 0) is 9.84 Å². The summed E-state index contributed by atoms with van der Waals surface area (Å²) in [5.41, 5.74) is 0.485.